The molecule has 1 aromatic carbocycles. The standard InChI is InChI=1S/C15H19FN2O4S/c1-18(15(20)8-11-6-7-23(21,22)10-11)9-14(19)17-13-4-2-12(16)3-5-13/h2-5,11H,6-10H2,1H3,(H,17,19)/t11-/m1/s1. The molecule has 1 heterocycles. The number of benzene rings is 1. The van der Waals surface area contributed by atoms with Crippen molar-refractivity contribution in [3.8, 4) is 0 Å². The van der Waals surface area contributed by atoms with Gasteiger partial charge in [-0.3, -0.25) is 9.59 Å². The van der Waals surface area contributed by atoms with Crippen molar-refractivity contribution in [1.29, 1.82) is 0 Å². The van der Waals surface area contributed by atoms with Gasteiger partial charge in [-0.2, -0.15) is 0 Å². The summed E-state index contributed by atoms with van der Waals surface area (Å²) in [6.07, 6.45) is 0.614. The van der Waals surface area contributed by atoms with Gasteiger partial charge in [0.05, 0.1) is 18.1 Å². The van der Waals surface area contributed by atoms with Crippen molar-refractivity contribution in [3.63, 3.8) is 0 Å². The summed E-state index contributed by atoms with van der Waals surface area (Å²) >= 11 is 0. The number of likely N-dealkylation sites (N-methyl/N-ethyl adjacent to an activating group) is 1. The van der Waals surface area contributed by atoms with Gasteiger partial charge in [0.15, 0.2) is 9.84 Å². The Kier molecular flexibility index (Phi) is 5.35. The Morgan fingerprint density at radius 3 is 2.52 bits per heavy atom. The second kappa shape index (κ2) is 7.08. The van der Waals surface area contributed by atoms with Crippen molar-refractivity contribution in [2.24, 2.45) is 5.92 Å². The van der Waals surface area contributed by atoms with Crippen LogP contribution in [0.4, 0.5) is 10.1 Å². The first-order chi connectivity index (χ1) is 10.7. The first kappa shape index (κ1) is 17.4. The maximum Gasteiger partial charge on any atom is 0.243 e. The molecule has 1 atom stereocenters. The molecule has 0 spiro atoms. The summed E-state index contributed by atoms with van der Waals surface area (Å²) in [6, 6.07) is 5.31. The Labute approximate surface area is 134 Å². The fraction of sp³-hybridized carbons (Fsp3) is 0.467. The Morgan fingerprint density at radius 2 is 1.96 bits per heavy atom. The Bertz CT molecular complexity index is 688. The minimum Gasteiger partial charge on any atom is -0.336 e. The van der Waals surface area contributed by atoms with E-state index in [1.165, 1.54) is 36.2 Å². The number of rotatable bonds is 5. The van der Waals surface area contributed by atoms with Crippen LogP contribution in [0.25, 0.3) is 0 Å². The van der Waals surface area contributed by atoms with Gasteiger partial charge in [-0.15, -0.1) is 0 Å². The summed E-state index contributed by atoms with van der Waals surface area (Å²) in [5, 5.41) is 2.57. The molecule has 1 aliphatic heterocycles. The lowest BCUT2D eigenvalue weighted by Crippen LogP contribution is -2.35. The molecule has 23 heavy (non-hydrogen) atoms. The van der Waals surface area contributed by atoms with E-state index < -0.39 is 21.6 Å². The molecule has 1 N–H and O–H groups in total. The fourth-order valence-electron chi connectivity index (χ4n) is 2.47. The van der Waals surface area contributed by atoms with Crippen molar-refractivity contribution in [1.82, 2.24) is 4.90 Å². The lowest BCUT2D eigenvalue weighted by molar-refractivity contribution is -0.134. The van der Waals surface area contributed by atoms with Crippen molar-refractivity contribution in [2.75, 3.05) is 30.4 Å². The average Bonchev–Trinajstić information content (AvgIpc) is 2.80. The summed E-state index contributed by atoms with van der Waals surface area (Å²) in [6.45, 7) is -0.143. The molecule has 1 aliphatic rings. The van der Waals surface area contributed by atoms with Gasteiger partial charge in [0.25, 0.3) is 0 Å². The van der Waals surface area contributed by atoms with Gasteiger partial charge in [0.2, 0.25) is 11.8 Å². The maximum absolute atomic E-state index is 12.8. The second-order valence-electron chi connectivity index (χ2n) is 5.78. The van der Waals surface area contributed by atoms with Crippen LogP contribution >= 0.6 is 0 Å². The van der Waals surface area contributed by atoms with E-state index in [0.29, 0.717) is 12.1 Å². The smallest absolute Gasteiger partial charge is 0.243 e. The summed E-state index contributed by atoms with van der Waals surface area (Å²) in [5.74, 6) is -1.07. The molecule has 126 valence electrons. The van der Waals surface area contributed by atoms with Crippen molar-refractivity contribution < 1.29 is 22.4 Å². The van der Waals surface area contributed by atoms with Gasteiger partial charge < -0.3 is 10.2 Å². The molecule has 0 bridgehead atoms. The predicted octanol–water partition coefficient (Wildman–Crippen LogP) is 1.05. The number of carbonyl (C=O) groups is 2. The minimum absolute atomic E-state index is 0.0361. The molecule has 1 aromatic rings. The van der Waals surface area contributed by atoms with E-state index in [-0.39, 0.29) is 36.3 Å². The third-order valence-corrected chi connectivity index (χ3v) is 5.56. The molecule has 0 unspecified atom stereocenters. The lowest BCUT2D eigenvalue weighted by Gasteiger charge is -2.18. The number of hydrogen-bond acceptors (Lipinski definition) is 4. The molecule has 1 saturated heterocycles. The molecule has 0 aromatic heterocycles. The Morgan fingerprint density at radius 1 is 1.30 bits per heavy atom. The van der Waals surface area contributed by atoms with Crippen molar-refractivity contribution in [3.05, 3.63) is 30.1 Å². The monoisotopic (exact) mass is 342 g/mol. The highest BCUT2D eigenvalue weighted by Crippen LogP contribution is 2.22. The van der Waals surface area contributed by atoms with Crippen LogP contribution in [0.5, 0.6) is 0 Å². The predicted molar refractivity (Wildman–Crippen MR) is 84.0 cm³/mol. The zero-order valence-electron chi connectivity index (χ0n) is 12.8. The second-order valence-corrected chi connectivity index (χ2v) is 8.01. The zero-order chi connectivity index (χ0) is 17.0. The number of amides is 2. The third kappa shape index (κ3) is 5.31. The Balaban J connectivity index is 1.81. The topological polar surface area (TPSA) is 83.6 Å². The fourth-order valence-corrected chi connectivity index (χ4v) is 4.33. The van der Waals surface area contributed by atoms with Crippen LogP contribution in [0.15, 0.2) is 24.3 Å². The Hall–Kier alpha value is -1.96. The number of nitrogens with one attached hydrogen (secondary N) is 1. The zero-order valence-corrected chi connectivity index (χ0v) is 13.6. The van der Waals surface area contributed by atoms with E-state index >= 15 is 0 Å². The van der Waals surface area contributed by atoms with Crippen LogP contribution in [-0.2, 0) is 19.4 Å². The molecule has 6 nitrogen and oxygen atoms in total. The van der Waals surface area contributed by atoms with Crippen molar-refractivity contribution in [2.45, 2.75) is 12.8 Å². The number of sulfone groups is 1. The van der Waals surface area contributed by atoms with Crippen LogP contribution < -0.4 is 5.32 Å². The maximum atomic E-state index is 12.8. The largest absolute Gasteiger partial charge is 0.336 e. The summed E-state index contributed by atoms with van der Waals surface area (Å²) < 4.78 is 35.5. The first-order valence-electron chi connectivity index (χ1n) is 7.25. The van der Waals surface area contributed by atoms with Gasteiger partial charge in [-0.05, 0) is 36.6 Å². The van der Waals surface area contributed by atoms with E-state index in [1.54, 1.807) is 0 Å². The molecular weight excluding hydrogens is 323 g/mol. The number of nitrogens with zero attached hydrogens (tertiary/aromatic N) is 1. The minimum atomic E-state index is -3.01. The van der Waals surface area contributed by atoms with E-state index in [4.69, 9.17) is 0 Å². The third-order valence-electron chi connectivity index (χ3n) is 3.72. The van der Waals surface area contributed by atoms with Gasteiger partial charge in [-0.1, -0.05) is 0 Å². The lowest BCUT2D eigenvalue weighted by atomic mass is 10.0. The SMILES string of the molecule is CN(CC(=O)Nc1ccc(F)cc1)C(=O)C[C@H]1CCS(=O)(=O)C1. The van der Waals surface area contributed by atoms with Crippen LogP contribution in [0.2, 0.25) is 0 Å². The molecule has 0 radical (unpaired) electrons. The molecule has 8 heteroatoms. The molecule has 2 amide bonds. The first-order valence-corrected chi connectivity index (χ1v) is 9.07. The van der Waals surface area contributed by atoms with E-state index in [9.17, 15) is 22.4 Å². The molecule has 0 aliphatic carbocycles. The normalized spacial score (nSPS) is 19.3. The average molecular weight is 342 g/mol. The van der Waals surface area contributed by atoms with Crippen molar-refractivity contribution >= 4 is 27.3 Å². The van der Waals surface area contributed by atoms with Gasteiger partial charge in [0.1, 0.15) is 5.82 Å². The molecular formula is C15H19FN2O4S. The summed E-state index contributed by atoms with van der Waals surface area (Å²) in [7, 11) is -1.52. The quantitative estimate of drug-likeness (QED) is 0.867. The highest BCUT2D eigenvalue weighted by Gasteiger charge is 2.30. The molecule has 0 saturated carbocycles. The summed E-state index contributed by atoms with van der Waals surface area (Å²) in [4.78, 5) is 25.2. The van der Waals surface area contributed by atoms with Crippen LogP contribution in [0.1, 0.15) is 12.8 Å². The number of halogens is 1. The van der Waals surface area contributed by atoms with Crippen LogP contribution in [0, 0.1) is 11.7 Å². The molecule has 1 fully saturated rings. The van der Waals surface area contributed by atoms with E-state index in [2.05, 4.69) is 5.32 Å². The van der Waals surface area contributed by atoms with Gasteiger partial charge in [0, 0.05) is 19.2 Å². The molecule has 2 rings (SSSR count). The number of hydrogen-bond donors (Lipinski definition) is 1. The highest BCUT2D eigenvalue weighted by molar-refractivity contribution is 7.91. The van der Waals surface area contributed by atoms with E-state index in [0.717, 1.165) is 0 Å². The number of anilines is 1. The van der Waals surface area contributed by atoms with E-state index in [1.807, 2.05) is 0 Å². The van der Waals surface area contributed by atoms with Crippen LogP contribution in [-0.4, -0.2) is 50.2 Å². The van der Waals surface area contributed by atoms with Gasteiger partial charge in [-0.25, -0.2) is 12.8 Å². The highest BCUT2D eigenvalue weighted by atomic mass is 32.2. The number of carbonyl (C=O) groups excluding carboxylic acids is 2. The summed E-state index contributed by atoms with van der Waals surface area (Å²) in [5.41, 5.74) is 0.444. The van der Waals surface area contributed by atoms with Crippen LogP contribution in [0.3, 0.4) is 0 Å². The van der Waals surface area contributed by atoms with Gasteiger partial charge >= 0.3 is 0 Å².